The maximum Gasteiger partial charge on any atom is 0.242 e. The number of aryl methyl sites for hydroxylation is 1. The first kappa shape index (κ1) is 20.6. The molecule has 0 aromatic heterocycles. The number of nitrogens with one attached hydrogen (secondary N) is 1. The van der Waals surface area contributed by atoms with Crippen LogP contribution in [0.2, 0.25) is 0 Å². The molecule has 144 valence electrons. The average Bonchev–Trinajstić information content (AvgIpc) is 2.63. The van der Waals surface area contributed by atoms with E-state index in [2.05, 4.69) is 5.32 Å². The van der Waals surface area contributed by atoms with Crippen molar-refractivity contribution in [3.8, 4) is 0 Å². The van der Waals surface area contributed by atoms with Crippen molar-refractivity contribution in [2.45, 2.75) is 46.2 Å². The molecule has 2 amide bonds. The van der Waals surface area contributed by atoms with E-state index in [1.807, 2.05) is 45.0 Å². The molecule has 2 aromatic carbocycles. The van der Waals surface area contributed by atoms with E-state index < -0.39 is 6.04 Å². The molecule has 1 N–H and O–H groups in total. The van der Waals surface area contributed by atoms with Crippen LogP contribution in [0.1, 0.15) is 37.0 Å². The summed E-state index contributed by atoms with van der Waals surface area (Å²) in [5.41, 5.74) is 2.80. The number of nitrogens with zero attached hydrogens (tertiary/aromatic N) is 1. The van der Waals surface area contributed by atoms with Gasteiger partial charge in [0.05, 0.1) is 6.42 Å². The Morgan fingerprint density at radius 3 is 2.37 bits per heavy atom. The molecule has 4 nitrogen and oxygen atoms in total. The summed E-state index contributed by atoms with van der Waals surface area (Å²) >= 11 is 0. The zero-order chi connectivity index (χ0) is 19.8. The molecule has 0 saturated carbocycles. The summed E-state index contributed by atoms with van der Waals surface area (Å²) in [5.74, 6) is -0.641. The van der Waals surface area contributed by atoms with Crippen LogP contribution >= 0.6 is 0 Å². The third-order valence-corrected chi connectivity index (χ3v) is 4.44. The van der Waals surface area contributed by atoms with Crippen molar-refractivity contribution >= 4 is 11.8 Å². The van der Waals surface area contributed by atoms with Gasteiger partial charge in [-0.3, -0.25) is 9.59 Å². The van der Waals surface area contributed by atoms with Crippen molar-refractivity contribution < 1.29 is 14.0 Å². The Labute approximate surface area is 160 Å². The van der Waals surface area contributed by atoms with E-state index in [0.29, 0.717) is 19.5 Å². The highest BCUT2D eigenvalue weighted by Crippen LogP contribution is 2.16. The quantitative estimate of drug-likeness (QED) is 0.772. The summed E-state index contributed by atoms with van der Waals surface area (Å²) in [5, 5.41) is 2.82. The van der Waals surface area contributed by atoms with Crippen LogP contribution in [0.5, 0.6) is 0 Å². The second kappa shape index (κ2) is 9.86. The first-order valence-corrected chi connectivity index (χ1v) is 9.31. The van der Waals surface area contributed by atoms with Crippen LogP contribution in [-0.2, 0) is 22.6 Å². The molecular formula is C22H27FN2O2. The smallest absolute Gasteiger partial charge is 0.242 e. The van der Waals surface area contributed by atoms with Gasteiger partial charge in [0.25, 0.3) is 0 Å². The van der Waals surface area contributed by atoms with Gasteiger partial charge in [-0.2, -0.15) is 0 Å². The van der Waals surface area contributed by atoms with Crippen LogP contribution < -0.4 is 5.32 Å². The third-order valence-electron chi connectivity index (χ3n) is 4.44. The van der Waals surface area contributed by atoms with Crippen molar-refractivity contribution in [2.75, 3.05) is 6.54 Å². The lowest BCUT2D eigenvalue weighted by atomic mass is 10.1. The molecule has 5 heteroatoms. The molecular weight excluding hydrogens is 343 g/mol. The molecule has 0 aliphatic carbocycles. The molecule has 27 heavy (non-hydrogen) atoms. The molecule has 2 aromatic rings. The lowest BCUT2D eigenvalue weighted by Gasteiger charge is -2.30. The molecule has 0 fully saturated rings. The fraction of sp³-hybridized carbons (Fsp3) is 0.364. The van der Waals surface area contributed by atoms with Gasteiger partial charge in [-0.05, 0) is 43.5 Å². The van der Waals surface area contributed by atoms with E-state index in [0.717, 1.165) is 16.7 Å². The lowest BCUT2D eigenvalue weighted by molar-refractivity contribution is -0.140. The summed E-state index contributed by atoms with van der Waals surface area (Å²) in [7, 11) is 0. The molecule has 0 bridgehead atoms. The van der Waals surface area contributed by atoms with Gasteiger partial charge in [-0.1, -0.05) is 48.9 Å². The van der Waals surface area contributed by atoms with Crippen LogP contribution in [0.25, 0.3) is 0 Å². The Hall–Kier alpha value is -2.69. The minimum absolute atomic E-state index is 0.127. The van der Waals surface area contributed by atoms with E-state index >= 15 is 0 Å². The fourth-order valence-corrected chi connectivity index (χ4v) is 3.10. The van der Waals surface area contributed by atoms with Gasteiger partial charge in [-0.25, -0.2) is 4.39 Å². The van der Waals surface area contributed by atoms with E-state index in [9.17, 15) is 14.0 Å². The summed E-state index contributed by atoms with van der Waals surface area (Å²) in [6.07, 6.45) is 0.648. The SMILES string of the molecule is CCNC(=O)[C@@H](CC)N(Cc1cccc(C)c1)C(=O)Cc1ccc(F)cc1. The number of halogens is 1. The number of hydrogen-bond acceptors (Lipinski definition) is 2. The molecule has 0 radical (unpaired) electrons. The van der Waals surface area contributed by atoms with Crippen molar-refractivity contribution in [1.82, 2.24) is 10.2 Å². The molecule has 0 aliphatic heterocycles. The topological polar surface area (TPSA) is 49.4 Å². The number of hydrogen-bond donors (Lipinski definition) is 1. The molecule has 1 atom stereocenters. The average molecular weight is 370 g/mol. The van der Waals surface area contributed by atoms with Gasteiger partial charge in [0.15, 0.2) is 0 Å². The van der Waals surface area contributed by atoms with Crippen LogP contribution in [0, 0.1) is 12.7 Å². The van der Waals surface area contributed by atoms with Crippen molar-refractivity contribution in [3.05, 3.63) is 71.0 Å². The monoisotopic (exact) mass is 370 g/mol. The van der Waals surface area contributed by atoms with Gasteiger partial charge < -0.3 is 10.2 Å². The Morgan fingerprint density at radius 1 is 1.07 bits per heavy atom. The number of benzene rings is 2. The number of amides is 2. The highest BCUT2D eigenvalue weighted by Gasteiger charge is 2.28. The van der Waals surface area contributed by atoms with Crippen molar-refractivity contribution in [1.29, 1.82) is 0 Å². The predicted molar refractivity (Wildman–Crippen MR) is 105 cm³/mol. The highest BCUT2D eigenvalue weighted by atomic mass is 19.1. The molecule has 0 saturated heterocycles. The maximum absolute atomic E-state index is 13.1. The van der Waals surface area contributed by atoms with Crippen LogP contribution in [-0.4, -0.2) is 29.3 Å². The second-order valence-corrected chi connectivity index (χ2v) is 6.63. The minimum atomic E-state index is -0.543. The van der Waals surface area contributed by atoms with Crippen molar-refractivity contribution in [3.63, 3.8) is 0 Å². The Morgan fingerprint density at radius 2 is 1.78 bits per heavy atom. The van der Waals surface area contributed by atoms with E-state index in [-0.39, 0.29) is 24.1 Å². The van der Waals surface area contributed by atoms with Crippen molar-refractivity contribution in [2.24, 2.45) is 0 Å². The van der Waals surface area contributed by atoms with E-state index in [1.165, 1.54) is 12.1 Å². The lowest BCUT2D eigenvalue weighted by Crippen LogP contribution is -2.49. The van der Waals surface area contributed by atoms with Gasteiger partial charge in [0, 0.05) is 13.1 Å². The normalized spacial score (nSPS) is 11.7. The maximum atomic E-state index is 13.1. The predicted octanol–water partition coefficient (Wildman–Crippen LogP) is 3.62. The first-order valence-electron chi connectivity index (χ1n) is 9.31. The molecule has 0 spiro atoms. The number of rotatable bonds is 8. The Kier molecular flexibility index (Phi) is 7.53. The second-order valence-electron chi connectivity index (χ2n) is 6.63. The summed E-state index contributed by atoms with van der Waals surface area (Å²) in [6.45, 7) is 6.62. The number of likely N-dealkylation sites (N-methyl/N-ethyl adjacent to an activating group) is 1. The highest BCUT2D eigenvalue weighted by molar-refractivity contribution is 5.88. The van der Waals surface area contributed by atoms with E-state index in [4.69, 9.17) is 0 Å². The number of carbonyl (C=O) groups excluding carboxylic acids is 2. The third kappa shape index (κ3) is 5.91. The Bertz CT molecular complexity index is 774. The van der Waals surface area contributed by atoms with Gasteiger partial charge in [0.1, 0.15) is 11.9 Å². The first-order chi connectivity index (χ1) is 12.9. The molecule has 0 aliphatic rings. The van der Waals surface area contributed by atoms with Crippen LogP contribution in [0.3, 0.4) is 0 Å². The Balaban J connectivity index is 2.27. The standard InChI is InChI=1S/C22H27FN2O2/c1-4-20(22(27)24-5-2)25(15-18-8-6-7-16(3)13-18)21(26)14-17-9-11-19(23)12-10-17/h6-13,20H,4-5,14-15H2,1-3H3,(H,24,27)/t20-/m1/s1. The summed E-state index contributed by atoms with van der Waals surface area (Å²) in [6, 6.07) is 13.3. The van der Waals surface area contributed by atoms with Gasteiger partial charge in [-0.15, -0.1) is 0 Å². The summed E-state index contributed by atoms with van der Waals surface area (Å²) in [4.78, 5) is 27.2. The van der Waals surface area contributed by atoms with E-state index in [1.54, 1.807) is 17.0 Å². The zero-order valence-electron chi connectivity index (χ0n) is 16.2. The minimum Gasteiger partial charge on any atom is -0.355 e. The largest absolute Gasteiger partial charge is 0.355 e. The van der Waals surface area contributed by atoms with Crippen LogP contribution in [0.15, 0.2) is 48.5 Å². The zero-order valence-corrected chi connectivity index (χ0v) is 16.2. The number of carbonyl (C=O) groups is 2. The van der Waals surface area contributed by atoms with Crippen LogP contribution in [0.4, 0.5) is 4.39 Å². The fourth-order valence-electron chi connectivity index (χ4n) is 3.10. The molecule has 0 heterocycles. The van der Waals surface area contributed by atoms with Gasteiger partial charge in [0.2, 0.25) is 11.8 Å². The van der Waals surface area contributed by atoms with Gasteiger partial charge >= 0.3 is 0 Å². The molecule has 2 rings (SSSR count). The molecule has 0 unspecified atom stereocenters. The summed E-state index contributed by atoms with van der Waals surface area (Å²) < 4.78 is 13.1.